The van der Waals surface area contributed by atoms with Crippen LogP contribution in [0.5, 0.6) is 0 Å². The highest BCUT2D eigenvalue weighted by atomic mass is 32.2. The number of nitrogens with one attached hydrogen (secondary N) is 1. The van der Waals surface area contributed by atoms with E-state index in [9.17, 15) is 8.42 Å². The van der Waals surface area contributed by atoms with Crippen molar-refractivity contribution >= 4 is 15.7 Å². The van der Waals surface area contributed by atoms with Crippen LogP contribution in [0.2, 0.25) is 0 Å². The number of aliphatic hydroxyl groups is 1. The number of rotatable bonds is 5. The molecule has 0 aliphatic heterocycles. The molecule has 1 rings (SSSR count). The van der Waals surface area contributed by atoms with E-state index >= 15 is 0 Å². The molecule has 0 radical (unpaired) electrons. The van der Waals surface area contributed by atoms with Gasteiger partial charge in [0.25, 0.3) is 0 Å². The molecule has 0 aliphatic carbocycles. The largest absolute Gasteiger partial charge is 0.396 e. The predicted molar refractivity (Wildman–Crippen MR) is 68.3 cm³/mol. The molecule has 96 valence electrons. The fraction of sp³-hybridized carbons (Fsp3) is 0.455. The standard InChI is InChI=1S/C11H18N2O3S/c1-8(12)9-3-4-11(13-17(2,15)16)10(7-9)5-6-14/h3-4,7-8,13-14H,5-6,12H2,1-2H3/t8-/m1/s1. The zero-order valence-electron chi connectivity index (χ0n) is 9.97. The van der Waals surface area contributed by atoms with Crippen molar-refractivity contribution < 1.29 is 13.5 Å². The van der Waals surface area contributed by atoms with Gasteiger partial charge in [-0.2, -0.15) is 0 Å². The summed E-state index contributed by atoms with van der Waals surface area (Å²) in [4.78, 5) is 0. The van der Waals surface area contributed by atoms with Crippen LogP contribution in [0, 0.1) is 0 Å². The molecule has 0 saturated heterocycles. The molecule has 4 N–H and O–H groups in total. The number of nitrogens with two attached hydrogens (primary N) is 1. The maximum Gasteiger partial charge on any atom is 0.229 e. The molecule has 0 aromatic heterocycles. The quantitative estimate of drug-likeness (QED) is 0.721. The van der Waals surface area contributed by atoms with Crippen LogP contribution < -0.4 is 10.5 Å². The molecule has 0 spiro atoms. The van der Waals surface area contributed by atoms with Crippen molar-refractivity contribution in [2.45, 2.75) is 19.4 Å². The third-order valence-corrected chi connectivity index (χ3v) is 2.92. The van der Waals surface area contributed by atoms with Crippen LogP contribution in [0.3, 0.4) is 0 Å². The van der Waals surface area contributed by atoms with Gasteiger partial charge in [0.05, 0.1) is 11.9 Å². The first kappa shape index (κ1) is 14.0. The van der Waals surface area contributed by atoms with Crippen LogP contribution >= 0.6 is 0 Å². The molecule has 1 atom stereocenters. The second-order valence-corrected chi connectivity index (χ2v) is 5.80. The molecular formula is C11H18N2O3S. The van der Waals surface area contributed by atoms with Gasteiger partial charge in [0.2, 0.25) is 10.0 Å². The zero-order valence-corrected chi connectivity index (χ0v) is 10.8. The van der Waals surface area contributed by atoms with E-state index in [4.69, 9.17) is 10.8 Å². The highest BCUT2D eigenvalue weighted by Gasteiger charge is 2.09. The molecule has 1 aromatic rings. The highest BCUT2D eigenvalue weighted by molar-refractivity contribution is 7.92. The van der Waals surface area contributed by atoms with Crippen LogP contribution in [-0.2, 0) is 16.4 Å². The first-order chi connectivity index (χ1) is 7.83. The summed E-state index contributed by atoms with van der Waals surface area (Å²) in [5.74, 6) is 0. The number of aliphatic hydroxyl groups excluding tert-OH is 1. The van der Waals surface area contributed by atoms with E-state index in [1.54, 1.807) is 12.1 Å². The van der Waals surface area contributed by atoms with Crippen molar-refractivity contribution in [3.63, 3.8) is 0 Å². The topological polar surface area (TPSA) is 92.4 Å². The van der Waals surface area contributed by atoms with Crippen LogP contribution in [0.1, 0.15) is 24.1 Å². The van der Waals surface area contributed by atoms with Crippen molar-refractivity contribution in [1.29, 1.82) is 0 Å². The Kier molecular flexibility index (Phi) is 4.50. The molecule has 0 heterocycles. The summed E-state index contributed by atoms with van der Waals surface area (Å²) in [6, 6.07) is 5.14. The molecule has 0 unspecified atom stereocenters. The zero-order chi connectivity index (χ0) is 13.1. The summed E-state index contributed by atoms with van der Waals surface area (Å²) in [6.07, 6.45) is 1.48. The Bertz CT molecular complexity index is 483. The lowest BCUT2D eigenvalue weighted by Crippen LogP contribution is -2.13. The average Bonchev–Trinajstić information content (AvgIpc) is 2.18. The summed E-state index contributed by atoms with van der Waals surface area (Å²) in [5, 5.41) is 8.96. The van der Waals surface area contributed by atoms with Gasteiger partial charge in [0.15, 0.2) is 0 Å². The van der Waals surface area contributed by atoms with Gasteiger partial charge >= 0.3 is 0 Å². The lowest BCUT2D eigenvalue weighted by Gasteiger charge is -2.13. The molecule has 0 aliphatic rings. The third-order valence-electron chi connectivity index (χ3n) is 2.33. The highest BCUT2D eigenvalue weighted by Crippen LogP contribution is 2.22. The minimum atomic E-state index is -3.31. The van der Waals surface area contributed by atoms with Gasteiger partial charge in [0.1, 0.15) is 0 Å². The third kappa shape index (κ3) is 4.33. The smallest absolute Gasteiger partial charge is 0.229 e. The average molecular weight is 258 g/mol. The van der Waals surface area contributed by atoms with E-state index in [1.807, 2.05) is 13.0 Å². The second-order valence-electron chi connectivity index (χ2n) is 4.05. The van der Waals surface area contributed by atoms with E-state index in [1.165, 1.54) is 0 Å². The molecule has 0 amide bonds. The van der Waals surface area contributed by atoms with E-state index in [-0.39, 0.29) is 12.6 Å². The van der Waals surface area contributed by atoms with E-state index in [0.717, 1.165) is 17.4 Å². The number of hydrogen-bond donors (Lipinski definition) is 3. The fourth-order valence-electron chi connectivity index (χ4n) is 1.52. The molecular weight excluding hydrogens is 240 g/mol. The van der Waals surface area contributed by atoms with E-state index in [2.05, 4.69) is 4.72 Å². The van der Waals surface area contributed by atoms with Gasteiger partial charge in [0, 0.05) is 12.6 Å². The second kappa shape index (κ2) is 5.48. The Labute approximate surface area is 102 Å². The normalized spacial score (nSPS) is 13.4. The number of anilines is 1. The number of benzene rings is 1. The fourth-order valence-corrected chi connectivity index (χ4v) is 2.12. The Morgan fingerprint density at radius 2 is 2.12 bits per heavy atom. The van der Waals surface area contributed by atoms with Gasteiger partial charge in [-0.3, -0.25) is 4.72 Å². The molecule has 0 saturated carbocycles. The van der Waals surface area contributed by atoms with Crippen molar-refractivity contribution in [1.82, 2.24) is 0 Å². The molecule has 17 heavy (non-hydrogen) atoms. The molecule has 0 bridgehead atoms. The van der Waals surface area contributed by atoms with Gasteiger partial charge in [-0.05, 0) is 30.5 Å². The Hall–Kier alpha value is -1.11. The van der Waals surface area contributed by atoms with Crippen LogP contribution in [0.25, 0.3) is 0 Å². The minimum absolute atomic E-state index is 0.0408. The number of hydrogen-bond acceptors (Lipinski definition) is 4. The lowest BCUT2D eigenvalue weighted by molar-refractivity contribution is 0.300. The summed E-state index contributed by atoms with van der Waals surface area (Å²) >= 11 is 0. The maximum atomic E-state index is 11.2. The summed E-state index contributed by atoms with van der Waals surface area (Å²) in [7, 11) is -3.31. The molecule has 5 nitrogen and oxygen atoms in total. The minimum Gasteiger partial charge on any atom is -0.396 e. The monoisotopic (exact) mass is 258 g/mol. The Morgan fingerprint density at radius 3 is 2.59 bits per heavy atom. The first-order valence-corrected chi connectivity index (χ1v) is 7.19. The summed E-state index contributed by atoms with van der Waals surface area (Å²) in [6.45, 7) is 1.81. The van der Waals surface area contributed by atoms with Crippen molar-refractivity contribution in [2.75, 3.05) is 17.6 Å². The Balaban J connectivity index is 3.12. The maximum absolute atomic E-state index is 11.2. The molecule has 0 fully saturated rings. The van der Waals surface area contributed by atoms with Crippen LogP contribution in [0.15, 0.2) is 18.2 Å². The Morgan fingerprint density at radius 1 is 1.47 bits per heavy atom. The molecule has 6 heteroatoms. The number of sulfonamides is 1. The van der Waals surface area contributed by atoms with Crippen molar-refractivity contribution in [2.24, 2.45) is 5.73 Å². The van der Waals surface area contributed by atoms with Crippen LogP contribution in [0.4, 0.5) is 5.69 Å². The van der Waals surface area contributed by atoms with E-state index in [0.29, 0.717) is 12.1 Å². The van der Waals surface area contributed by atoms with Gasteiger partial charge < -0.3 is 10.8 Å². The van der Waals surface area contributed by atoms with Crippen molar-refractivity contribution in [3.8, 4) is 0 Å². The van der Waals surface area contributed by atoms with Gasteiger partial charge in [-0.1, -0.05) is 12.1 Å². The summed E-state index contributed by atoms with van der Waals surface area (Å²) in [5.41, 5.74) is 7.90. The van der Waals surface area contributed by atoms with Gasteiger partial charge in [-0.15, -0.1) is 0 Å². The SMILES string of the molecule is C[C@@H](N)c1ccc(NS(C)(=O)=O)c(CCO)c1. The predicted octanol–water partition coefficient (Wildman–Crippen LogP) is 0.613. The van der Waals surface area contributed by atoms with Crippen LogP contribution in [-0.4, -0.2) is 26.4 Å². The summed E-state index contributed by atoms with van der Waals surface area (Å²) < 4.78 is 24.8. The molecule has 1 aromatic carbocycles. The van der Waals surface area contributed by atoms with E-state index < -0.39 is 10.0 Å². The van der Waals surface area contributed by atoms with Gasteiger partial charge in [-0.25, -0.2) is 8.42 Å². The first-order valence-electron chi connectivity index (χ1n) is 5.30. The lowest BCUT2D eigenvalue weighted by atomic mass is 10.0. The van der Waals surface area contributed by atoms with Crippen molar-refractivity contribution in [3.05, 3.63) is 29.3 Å².